The molecule has 0 fully saturated rings. The van der Waals surface area contributed by atoms with E-state index in [1.54, 1.807) is 18.1 Å². The van der Waals surface area contributed by atoms with Crippen molar-refractivity contribution in [2.24, 2.45) is 0 Å². The van der Waals surface area contributed by atoms with Crippen LogP contribution in [0, 0.1) is 27.7 Å². The fourth-order valence-corrected chi connectivity index (χ4v) is 5.60. The van der Waals surface area contributed by atoms with E-state index in [9.17, 15) is 0 Å². The van der Waals surface area contributed by atoms with Crippen LogP contribution in [-0.4, -0.2) is 11.7 Å². The normalized spacial score (nSPS) is 17.3. The molecule has 2 aliphatic carbocycles. The molecule has 1 nitrogen and oxygen atoms in total. The number of rotatable bonds is 0. The zero-order valence-corrected chi connectivity index (χ0v) is 21.3. The molecule has 30 heavy (non-hydrogen) atoms. The molecule has 0 aromatic heterocycles. The first-order valence-electron chi connectivity index (χ1n) is 11.4. The van der Waals surface area contributed by atoms with Crippen LogP contribution in [0.3, 0.4) is 0 Å². The van der Waals surface area contributed by atoms with Crippen molar-refractivity contribution in [3.63, 3.8) is 0 Å². The lowest BCUT2D eigenvalue weighted by Gasteiger charge is -2.22. The molecule has 2 aliphatic rings. The molecule has 0 unspecified atom stereocenters. The molecule has 2 heteroatoms. The third-order valence-corrected chi connectivity index (χ3v) is 7.43. The summed E-state index contributed by atoms with van der Waals surface area (Å²) < 4.78 is 0. The maximum absolute atomic E-state index is 7.57. The van der Waals surface area contributed by atoms with Gasteiger partial charge in [0.05, 0.1) is 0 Å². The molecule has 0 atom stereocenters. The lowest BCUT2D eigenvalue weighted by Crippen LogP contribution is -2.14. The maximum Gasteiger partial charge on any atom is 0.0443 e. The quantitative estimate of drug-likeness (QED) is 0.455. The first-order chi connectivity index (χ1) is 13.9. The van der Waals surface area contributed by atoms with E-state index in [1.165, 1.54) is 52.6 Å². The molecule has 0 bridgehead atoms. The van der Waals surface area contributed by atoms with Crippen molar-refractivity contribution in [3.05, 3.63) is 67.7 Å². The predicted octanol–water partition coefficient (Wildman–Crippen LogP) is 7.71. The number of benzene rings is 2. The van der Waals surface area contributed by atoms with Crippen molar-refractivity contribution >= 4 is 11.6 Å². The summed E-state index contributed by atoms with van der Waals surface area (Å²) in [5, 5.41) is 8.54. The minimum Gasteiger partial charge on any atom is -0.397 e. The van der Waals surface area contributed by atoms with Crippen LogP contribution in [0.1, 0.15) is 92.0 Å². The van der Waals surface area contributed by atoms with Crippen molar-refractivity contribution in [1.82, 2.24) is 0 Å². The van der Waals surface area contributed by atoms with Gasteiger partial charge >= 0.3 is 0 Å². The zero-order chi connectivity index (χ0) is 22.9. The average Bonchev–Trinajstić information content (AvgIpc) is 3.14. The van der Waals surface area contributed by atoms with Gasteiger partial charge in [0.1, 0.15) is 0 Å². The van der Waals surface area contributed by atoms with Crippen LogP contribution in [0.25, 0.3) is 0 Å². The second-order valence-electron chi connectivity index (χ2n) is 10.3. The minimum atomic E-state index is 0.250. The highest BCUT2D eigenvalue weighted by atomic mass is 35.5. The summed E-state index contributed by atoms with van der Waals surface area (Å²) in [6, 6.07) is 6.68. The predicted molar refractivity (Wildman–Crippen MR) is 132 cm³/mol. The van der Waals surface area contributed by atoms with Gasteiger partial charge in [-0.3, -0.25) is 0 Å². The molecular weight excluding hydrogens is 388 g/mol. The molecule has 0 heterocycles. The van der Waals surface area contributed by atoms with Crippen LogP contribution < -0.4 is 0 Å². The molecular formula is C28H41ClO. The third-order valence-electron chi connectivity index (χ3n) is 7.09. The molecule has 2 aromatic rings. The van der Waals surface area contributed by atoms with Gasteiger partial charge in [0.2, 0.25) is 0 Å². The van der Waals surface area contributed by atoms with Gasteiger partial charge in [-0.15, -0.1) is 0 Å². The number of aryl methyl sites for hydroxylation is 3. The number of aliphatic hydroxyl groups excluding tert-OH is 1. The van der Waals surface area contributed by atoms with Crippen LogP contribution in [0.2, 0.25) is 5.02 Å². The van der Waals surface area contributed by atoms with Crippen molar-refractivity contribution < 1.29 is 5.11 Å². The van der Waals surface area contributed by atoms with Crippen LogP contribution in [0.5, 0.6) is 0 Å². The largest absolute Gasteiger partial charge is 0.397 e. The topological polar surface area (TPSA) is 20.2 Å². The smallest absolute Gasteiger partial charge is 0.0443 e. The van der Waals surface area contributed by atoms with Gasteiger partial charge in [0.25, 0.3) is 0 Å². The molecule has 166 valence electrons. The van der Waals surface area contributed by atoms with E-state index in [-0.39, 0.29) is 6.61 Å². The van der Waals surface area contributed by atoms with Crippen molar-refractivity contribution in [3.8, 4) is 0 Å². The van der Waals surface area contributed by atoms with Crippen LogP contribution in [-0.2, 0) is 23.7 Å². The summed E-state index contributed by atoms with van der Waals surface area (Å²) in [7, 11) is 0. The Morgan fingerprint density at radius 3 is 1.93 bits per heavy atom. The summed E-state index contributed by atoms with van der Waals surface area (Å²) in [6.07, 6.45) is 4.95. The lowest BCUT2D eigenvalue weighted by molar-refractivity contribution is 0.318. The summed E-state index contributed by atoms with van der Waals surface area (Å²) >= 11 is 6.27. The molecule has 0 aliphatic heterocycles. The van der Waals surface area contributed by atoms with E-state index < -0.39 is 0 Å². The number of hydrogen-bond donors (Lipinski definition) is 1. The molecule has 0 amide bonds. The Bertz CT molecular complexity index is 906. The Kier molecular flexibility index (Phi) is 7.86. The van der Waals surface area contributed by atoms with Crippen molar-refractivity contribution in [1.29, 1.82) is 0 Å². The van der Waals surface area contributed by atoms with E-state index in [1.807, 2.05) is 0 Å². The Hall–Kier alpha value is -1.31. The molecule has 0 spiro atoms. The highest BCUT2D eigenvalue weighted by molar-refractivity contribution is 6.31. The first-order valence-corrected chi connectivity index (χ1v) is 11.7. The second kappa shape index (κ2) is 9.45. The number of hydrogen-bond acceptors (Lipinski definition) is 1. The standard InChI is InChI=1S/C13H17Cl.C13H18.C2H6O/c1-8-7-11(14)10-5-6-13(3,4)12(10)9(8)2;1-9-5-6-11-7-8-13(3,4)12(11)10(9)2;1-2-3/h7H,5-6H2,1-4H3;5-6H,7-8H2,1-4H3;3H,2H2,1H3. The number of aliphatic hydroxyl groups is 1. The van der Waals surface area contributed by atoms with E-state index in [4.69, 9.17) is 16.7 Å². The summed E-state index contributed by atoms with van der Waals surface area (Å²) in [5.41, 5.74) is 12.5. The molecule has 0 saturated heterocycles. The SMILES string of the molecule is CCO.Cc1cc(Cl)c2c(c1C)C(C)(C)CC2.Cc1ccc2c(c1C)C(C)(C)CC2. The summed E-state index contributed by atoms with van der Waals surface area (Å²) in [6.45, 7) is 20.2. The van der Waals surface area contributed by atoms with Gasteiger partial charge < -0.3 is 5.11 Å². The second-order valence-corrected chi connectivity index (χ2v) is 10.7. The zero-order valence-electron chi connectivity index (χ0n) is 20.6. The van der Waals surface area contributed by atoms with Gasteiger partial charge in [-0.1, -0.05) is 51.4 Å². The Balaban J connectivity index is 0.000000190. The maximum atomic E-state index is 7.57. The highest BCUT2D eigenvalue weighted by Gasteiger charge is 2.33. The van der Waals surface area contributed by atoms with E-state index in [0.717, 1.165) is 11.4 Å². The molecule has 0 saturated carbocycles. The van der Waals surface area contributed by atoms with E-state index in [0.29, 0.717) is 10.8 Å². The van der Waals surface area contributed by atoms with Gasteiger partial charge in [0.15, 0.2) is 0 Å². The number of halogens is 1. The monoisotopic (exact) mass is 428 g/mol. The third kappa shape index (κ3) is 4.94. The van der Waals surface area contributed by atoms with Gasteiger partial charge in [0, 0.05) is 11.6 Å². The van der Waals surface area contributed by atoms with Crippen LogP contribution in [0.4, 0.5) is 0 Å². The Morgan fingerprint density at radius 1 is 0.833 bits per heavy atom. The Morgan fingerprint density at radius 2 is 1.33 bits per heavy atom. The van der Waals surface area contributed by atoms with Gasteiger partial charge in [-0.25, -0.2) is 0 Å². The van der Waals surface area contributed by atoms with Crippen LogP contribution >= 0.6 is 11.6 Å². The lowest BCUT2D eigenvalue weighted by atomic mass is 9.83. The molecule has 0 radical (unpaired) electrons. The number of fused-ring (bicyclic) bond motifs is 2. The first kappa shape index (κ1) is 25.0. The Labute approximate surface area is 189 Å². The fourth-order valence-electron chi connectivity index (χ4n) is 5.25. The van der Waals surface area contributed by atoms with Crippen LogP contribution in [0.15, 0.2) is 18.2 Å². The van der Waals surface area contributed by atoms with E-state index >= 15 is 0 Å². The average molecular weight is 429 g/mol. The molecule has 1 N–H and O–H groups in total. The van der Waals surface area contributed by atoms with Gasteiger partial charge in [-0.2, -0.15) is 0 Å². The summed E-state index contributed by atoms with van der Waals surface area (Å²) in [5.74, 6) is 0. The van der Waals surface area contributed by atoms with Crippen molar-refractivity contribution in [2.45, 2.75) is 98.8 Å². The van der Waals surface area contributed by atoms with Gasteiger partial charge in [-0.05, 0) is 122 Å². The highest BCUT2D eigenvalue weighted by Crippen LogP contribution is 2.44. The van der Waals surface area contributed by atoms with E-state index in [2.05, 4.69) is 73.6 Å². The molecule has 2 aromatic carbocycles. The van der Waals surface area contributed by atoms with Crippen molar-refractivity contribution in [2.75, 3.05) is 6.61 Å². The molecule has 4 rings (SSSR count). The fraction of sp³-hybridized carbons (Fsp3) is 0.571. The minimum absolute atomic E-state index is 0.250. The summed E-state index contributed by atoms with van der Waals surface area (Å²) in [4.78, 5) is 0.